The number of piperazine rings is 1. The van der Waals surface area contributed by atoms with Crippen LogP contribution in [0.5, 0.6) is 0 Å². The standard InChI is InChI=1S/C13H26N2O2/c1-4-13(16)11-17-10-9-14-5-7-15(8-6-14)12(2)3/h12H,4-11H2,1-3H3. The lowest BCUT2D eigenvalue weighted by atomic mass is 10.2. The quantitative estimate of drug-likeness (QED) is 0.624. The predicted molar refractivity (Wildman–Crippen MR) is 69.3 cm³/mol. The Balaban J connectivity index is 2.04. The van der Waals surface area contributed by atoms with Gasteiger partial charge in [0.15, 0.2) is 5.78 Å². The van der Waals surface area contributed by atoms with Gasteiger partial charge in [-0.15, -0.1) is 0 Å². The van der Waals surface area contributed by atoms with E-state index in [9.17, 15) is 4.79 Å². The Bertz CT molecular complexity index is 223. The van der Waals surface area contributed by atoms with Gasteiger partial charge in [-0.3, -0.25) is 14.6 Å². The Labute approximate surface area is 105 Å². The van der Waals surface area contributed by atoms with Crippen LogP contribution >= 0.6 is 0 Å². The van der Waals surface area contributed by atoms with Gasteiger partial charge >= 0.3 is 0 Å². The number of hydrogen-bond acceptors (Lipinski definition) is 4. The zero-order valence-electron chi connectivity index (χ0n) is 11.4. The van der Waals surface area contributed by atoms with Gasteiger partial charge in [0.1, 0.15) is 6.61 Å². The minimum Gasteiger partial charge on any atom is -0.372 e. The highest BCUT2D eigenvalue weighted by Gasteiger charge is 2.18. The third-order valence-corrected chi connectivity index (χ3v) is 3.35. The molecule has 1 heterocycles. The topological polar surface area (TPSA) is 32.8 Å². The zero-order chi connectivity index (χ0) is 12.7. The fourth-order valence-corrected chi connectivity index (χ4v) is 1.99. The van der Waals surface area contributed by atoms with Crippen LogP contribution in [-0.4, -0.2) is 67.6 Å². The predicted octanol–water partition coefficient (Wildman–Crippen LogP) is 1.01. The van der Waals surface area contributed by atoms with Crippen molar-refractivity contribution in [3.63, 3.8) is 0 Å². The molecule has 0 aliphatic carbocycles. The molecule has 0 aromatic heterocycles. The van der Waals surface area contributed by atoms with Crippen molar-refractivity contribution in [3.05, 3.63) is 0 Å². The molecule has 0 unspecified atom stereocenters. The number of rotatable bonds is 7. The number of Topliss-reactive ketones (excluding diaryl/α,β-unsaturated/α-hetero) is 1. The van der Waals surface area contributed by atoms with Gasteiger partial charge in [0.05, 0.1) is 6.61 Å². The summed E-state index contributed by atoms with van der Waals surface area (Å²) in [4.78, 5) is 15.9. The maximum atomic E-state index is 11.0. The Morgan fingerprint density at radius 1 is 1.24 bits per heavy atom. The van der Waals surface area contributed by atoms with E-state index in [0.717, 1.165) is 32.7 Å². The van der Waals surface area contributed by atoms with E-state index in [1.165, 1.54) is 0 Å². The van der Waals surface area contributed by atoms with E-state index < -0.39 is 0 Å². The van der Waals surface area contributed by atoms with Crippen molar-refractivity contribution in [2.75, 3.05) is 45.9 Å². The van der Waals surface area contributed by atoms with Crippen LogP contribution in [0.4, 0.5) is 0 Å². The molecule has 0 N–H and O–H groups in total. The van der Waals surface area contributed by atoms with Gasteiger partial charge in [0.25, 0.3) is 0 Å². The average molecular weight is 242 g/mol. The van der Waals surface area contributed by atoms with Crippen molar-refractivity contribution in [2.45, 2.75) is 33.2 Å². The van der Waals surface area contributed by atoms with Crippen LogP contribution in [0.25, 0.3) is 0 Å². The molecule has 0 atom stereocenters. The molecule has 0 saturated carbocycles. The molecule has 0 aromatic carbocycles. The summed E-state index contributed by atoms with van der Waals surface area (Å²) < 4.78 is 5.36. The summed E-state index contributed by atoms with van der Waals surface area (Å²) in [6, 6.07) is 0.649. The van der Waals surface area contributed by atoms with Gasteiger partial charge in [0, 0.05) is 45.2 Å². The molecule has 0 radical (unpaired) electrons. The maximum Gasteiger partial charge on any atom is 0.158 e. The molecule has 0 spiro atoms. The lowest BCUT2D eigenvalue weighted by molar-refractivity contribution is -0.123. The number of nitrogens with zero attached hydrogens (tertiary/aromatic N) is 2. The molecule has 1 aliphatic heterocycles. The Morgan fingerprint density at radius 2 is 1.88 bits per heavy atom. The molecule has 100 valence electrons. The smallest absolute Gasteiger partial charge is 0.158 e. The van der Waals surface area contributed by atoms with Gasteiger partial charge in [-0.05, 0) is 13.8 Å². The third kappa shape index (κ3) is 5.61. The van der Waals surface area contributed by atoms with Crippen molar-refractivity contribution >= 4 is 5.78 Å². The number of carbonyl (C=O) groups excluding carboxylic acids is 1. The summed E-state index contributed by atoms with van der Waals surface area (Å²) >= 11 is 0. The van der Waals surface area contributed by atoms with Crippen LogP contribution in [0.2, 0.25) is 0 Å². The first-order valence-electron chi connectivity index (χ1n) is 6.69. The molecule has 1 aliphatic rings. The lowest BCUT2D eigenvalue weighted by Gasteiger charge is -2.36. The van der Waals surface area contributed by atoms with E-state index in [4.69, 9.17) is 4.74 Å². The first-order valence-corrected chi connectivity index (χ1v) is 6.69. The fourth-order valence-electron chi connectivity index (χ4n) is 1.99. The van der Waals surface area contributed by atoms with E-state index in [-0.39, 0.29) is 12.4 Å². The van der Waals surface area contributed by atoms with Crippen LogP contribution in [-0.2, 0) is 9.53 Å². The van der Waals surface area contributed by atoms with Crippen LogP contribution < -0.4 is 0 Å². The summed E-state index contributed by atoms with van der Waals surface area (Å²) in [6.45, 7) is 12.8. The first-order chi connectivity index (χ1) is 8.13. The largest absolute Gasteiger partial charge is 0.372 e. The SMILES string of the molecule is CCC(=O)COCCN1CCN(C(C)C)CC1. The second kappa shape index (κ2) is 7.80. The molecule has 17 heavy (non-hydrogen) atoms. The van der Waals surface area contributed by atoms with E-state index in [1.54, 1.807) is 0 Å². The lowest BCUT2D eigenvalue weighted by Crippen LogP contribution is -2.49. The van der Waals surface area contributed by atoms with Gasteiger partial charge < -0.3 is 4.74 Å². The van der Waals surface area contributed by atoms with Gasteiger partial charge in [-0.25, -0.2) is 0 Å². The zero-order valence-corrected chi connectivity index (χ0v) is 11.4. The van der Waals surface area contributed by atoms with Gasteiger partial charge in [0.2, 0.25) is 0 Å². The van der Waals surface area contributed by atoms with Crippen molar-refractivity contribution in [2.24, 2.45) is 0 Å². The van der Waals surface area contributed by atoms with Crippen LogP contribution in [0, 0.1) is 0 Å². The molecule has 4 nitrogen and oxygen atoms in total. The van der Waals surface area contributed by atoms with Crippen molar-refractivity contribution in [3.8, 4) is 0 Å². The highest BCUT2D eigenvalue weighted by molar-refractivity contribution is 5.79. The van der Waals surface area contributed by atoms with E-state index >= 15 is 0 Å². The molecule has 0 aromatic rings. The molecule has 0 amide bonds. The number of ketones is 1. The van der Waals surface area contributed by atoms with Crippen LogP contribution in [0.3, 0.4) is 0 Å². The van der Waals surface area contributed by atoms with Crippen molar-refractivity contribution < 1.29 is 9.53 Å². The Kier molecular flexibility index (Phi) is 6.70. The average Bonchev–Trinajstić information content (AvgIpc) is 2.34. The molecule has 1 rings (SSSR count). The minimum atomic E-state index is 0.189. The summed E-state index contributed by atoms with van der Waals surface area (Å²) in [5.74, 6) is 0.189. The number of ether oxygens (including phenoxy) is 1. The van der Waals surface area contributed by atoms with Gasteiger partial charge in [-0.2, -0.15) is 0 Å². The highest BCUT2D eigenvalue weighted by atomic mass is 16.5. The molecule has 1 saturated heterocycles. The number of carbonyl (C=O) groups is 1. The fraction of sp³-hybridized carbons (Fsp3) is 0.923. The summed E-state index contributed by atoms with van der Waals surface area (Å²) in [7, 11) is 0. The molecular formula is C13H26N2O2. The van der Waals surface area contributed by atoms with Crippen molar-refractivity contribution in [1.82, 2.24) is 9.80 Å². The number of hydrogen-bond donors (Lipinski definition) is 0. The Hall–Kier alpha value is -0.450. The van der Waals surface area contributed by atoms with E-state index in [2.05, 4.69) is 23.6 Å². The monoisotopic (exact) mass is 242 g/mol. The minimum absolute atomic E-state index is 0.189. The Morgan fingerprint density at radius 3 is 2.41 bits per heavy atom. The molecule has 0 bridgehead atoms. The summed E-state index contributed by atoms with van der Waals surface area (Å²) in [5, 5.41) is 0. The second-order valence-electron chi connectivity index (χ2n) is 4.92. The van der Waals surface area contributed by atoms with Crippen LogP contribution in [0.15, 0.2) is 0 Å². The second-order valence-corrected chi connectivity index (χ2v) is 4.92. The third-order valence-electron chi connectivity index (χ3n) is 3.35. The van der Waals surface area contributed by atoms with Crippen molar-refractivity contribution in [1.29, 1.82) is 0 Å². The van der Waals surface area contributed by atoms with Crippen LogP contribution in [0.1, 0.15) is 27.2 Å². The molecule has 4 heteroatoms. The summed E-state index contributed by atoms with van der Waals surface area (Å²) in [6.07, 6.45) is 0.576. The first kappa shape index (κ1) is 14.6. The maximum absolute atomic E-state index is 11.0. The summed E-state index contributed by atoms with van der Waals surface area (Å²) in [5.41, 5.74) is 0. The van der Waals surface area contributed by atoms with E-state index in [0.29, 0.717) is 19.1 Å². The molecular weight excluding hydrogens is 216 g/mol. The highest BCUT2D eigenvalue weighted by Crippen LogP contribution is 2.05. The normalized spacial score (nSPS) is 18.8. The van der Waals surface area contributed by atoms with E-state index in [1.807, 2.05) is 6.92 Å². The van der Waals surface area contributed by atoms with Gasteiger partial charge in [-0.1, -0.05) is 6.92 Å². The molecule has 1 fully saturated rings.